The molecule has 2 aliphatic rings. The molecule has 1 aromatic heterocycles. The third kappa shape index (κ3) is 4.48. The first-order valence-electron chi connectivity index (χ1n) is 10.4. The second kappa shape index (κ2) is 8.54. The maximum atomic E-state index is 15.0. The Kier molecular flexibility index (Phi) is 5.81. The minimum atomic E-state index is -1.58. The summed E-state index contributed by atoms with van der Waals surface area (Å²) >= 11 is 0. The van der Waals surface area contributed by atoms with Crippen LogP contribution in [0.2, 0.25) is 0 Å². The van der Waals surface area contributed by atoms with Crippen LogP contribution in [0.5, 0.6) is 5.75 Å². The van der Waals surface area contributed by atoms with E-state index in [0.29, 0.717) is 50.5 Å². The molecule has 1 amide bonds. The highest BCUT2D eigenvalue weighted by Gasteiger charge is 2.28. The van der Waals surface area contributed by atoms with E-state index >= 15 is 4.39 Å². The lowest BCUT2D eigenvalue weighted by molar-refractivity contribution is -0.122. The number of aromatic nitrogens is 1. The SMILES string of the molecule is CCNC(=O)CN1CCN(c2cc3c(cc2F)c(=O)c(OC(=O)O)cn3C2CC2)CC1. The van der Waals surface area contributed by atoms with Crippen molar-refractivity contribution < 1.29 is 23.8 Å². The van der Waals surface area contributed by atoms with Crippen LogP contribution in [0.1, 0.15) is 25.8 Å². The number of carboxylic acid groups (broad SMARTS) is 1. The highest BCUT2D eigenvalue weighted by atomic mass is 19.1. The number of hydrogen-bond donors (Lipinski definition) is 2. The number of halogens is 1. The molecule has 0 atom stereocenters. The van der Waals surface area contributed by atoms with Crippen LogP contribution in [0.4, 0.5) is 14.9 Å². The average molecular weight is 432 g/mol. The number of pyridine rings is 1. The largest absolute Gasteiger partial charge is 0.511 e. The molecule has 0 radical (unpaired) electrons. The Hall–Kier alpha value is -3.14. The molecular weight excluding hydrogens is 407 g/mol. The van der Waals surface area contributed by atoms with Crippen LogP contribution in [-0.2, 0) is 4.79 Å². The van der Waals surface area contributed by atoms with Crippen molar-refractivity contribution in [3.05, 3.63) is 34.4 Å². The number of nitrogens with one attached hydrogen (secondary N) is 1. The van der Waals surface area contributed by atoms with Gasteiger partial charge in [-0.15, -0.1) is 0 Å². The number of carbonyl (C=O) groups excluding carboxylic acids is 1. The fraction of sp³-hybridized carbons (Fsp3) is 0.476. The number of anilines is 1. The lowest BCUT2D eigenvalue weighted by Crippen LogP contribution is -2.49. The Morgan fingerprint density at radius 1 is 1.23 bits per heavy atom. The molecule has 0 bridgehead atoms. The van der Waals surface area contributed by atoms with Crippen molar-refractivity contribution in [2.45, 2.75) is 25.8 Å². The van der Waals surface area contributed by atoms with Gasteiger partial charge in [-0.1, -0.05) is 0 Å². The van der Waals surface area contributed by atoms with Crippen LogP contribution >= 0.6 is 0 Å². The first-order valence-corrected chi connectivity index (χ1v) is 10.4. The van der Waals surface area contributed by atoms with Gasteiger partial charge < -0.3 is 24.6 Å². The molecule has 10 heteroatoms. The summed E-state index contributed by atoms with van der Waals surface area (Å²) in [6, 6.07) is 2.96. The van der Waals surface area contributed by atoms with Crippen LogP contribution < -0.4 is 20.4 Å². The first kappa shape index (κ1) is 21.1. The zero-order valence-corrected chi connectivity index (χ0v) is 17.3. The summed E-state index contributed by atoms with van der Waals surface area (Å²) < 4.78 is 21.4. The Bertz CT molecular complexity index is 1070. The highest BCUT2D eigenvalue weighted by Crippen LogP contribution is 2.39. The van der Waals surface area contributed by atoms with Crippen molar-refractivity contribution >= 4 is 28.7 Å². The van der Waals surface area contributed by atoms with Crippen molar-refractivity contribution in [3.8, 4) is 5.75 Å². The van der Waals surface area contributed by atoms with Gasteiger partial charge in [-0.2, -0.15) is 0 Å². The number of nitrogens with zero attached hydrogens (tertiary/aromatic N) is 3. The summed E-state index contributed by atoms with van der Waals surface area (Å²) in [4.78, 5) is 39.3. The average Bonchev–Trinajstić information content (AvgIpc) is 3.56. The van der Waals surface area contributed by atoms with E-state index in [4.69, 9.17) is 5.11 Å². The number of rotatable bonds is 6. The smallest absolute Gasteiger partial charge is 0.449 e. The molecule has 2 fully saturated rings. The van der Waals surface area contributed by atoms with Crippen molar-refractivity contribution in [2.24, 2.45) is 0 Å². The van der Waals surface area contributed by atoms with Crippen molar-refractivity contribution in [3.63, 3.8) is 0 Å². The monoisotopic (exact) mass is 432 g/mol. The number of piperazine rings is 1. The third-order valence-electron chi connectivity index (χ3n) is 5.66. The summed E-state index contributed by atoms with van der Waals surface area (Å²) in [5.41, 5.74) is 0.309. The van der Waals surface area contributed by atoms with E-state index in [2.05, 4.69) is 10.1 Å². The number of amides is 1. The second-order valence-corrected chi connectivity index (χ2v) is 7.87. The van der Waals surface area contributed by atoms with Crippen molar-refractivity contribution in [1.82, 2.24) is 14.8 Å². The van der Waals surface area contributed by atoms with Gasteiger partial charge in [-0.05, 0) is 31.9 Å². The Morgan fingerprint density at radius 3 is 2.55 bits per heavy atom. The lowest BCUT2D eigenvalue weighted by atomic mass is 10.1. The maximum Gasteiger partial charge on any atom is 0.511 e. The molecule has 1 aliphatic heterocycles. The number of hydrogen-bond acceptors (Lipinski definition) is 6. The molecule has 1 aromatic carbocycles. The molecule has 31 heavy (non-hydrogen) atoms. The topological polar surface area (TPSA) is 104 Å². The first-order chi connectivity index (χ1) is 14.9. The lowest BCUT2D eigenvalue weighted by Gasteiger charge is -2.36. The summed E-state index contributed by atoms with van der Waals surface area (Å²) in [5.74, 6) is -0.893. The predicted octanol–water partition coefficient (Wildman–Crippen LogP) is 1.79. The molecule has 1 saturated carbocycles. The number of ether oxygens (including phenoxy) is 1. The van der Waals surface area contributed by atoms with E-state index in [1.165, 1.54) is 12.3 Å². The predicted molar refractivity (Wildman–Crippen MR) is 112 cm³/mol. The molecule has 2 N–H and O–H groups in total. The van der Waals surface area contributed by atoms with Gasteiger partial charge in [0, 0.05) is 38.8 Å². The van der Waals surface area contributed by atoms with Gasteiger partial charge in [0.15, 0.2) is 5.75 Å². The molecule has 4 rings (SSSR count). The summed E-state index contributed by atoms with van der Waals surface area (Å²) in [7, 11) is 0. The van der Waals surface area contributed by atoms with Gasteiger partial charge in [-0.25, -0.2) is 9.18 Å². The molecule has 9 nitrogen and oxygen atoms in total. The minimum Gasteiger partial charge on any atom is -0.449 e. The molecule has 1 aliphatic carbocycles. The fourth-order valence-corrected chi connectivity index (χ4v) is 4.00. The van der Waals surface area contributed by atoms with E-state index in [1.54, 1.807) is 6.07 Å². The van der Waals surface area contributed by atoms with Crippen LogP contribution in [0, 0.1) is 5.82 Å². The van der Waals surface area contributed by atoms with E-state index in [-0.39, 0.29) is 23.1 Å². The molecule has 166 valence electrons. The van der Waals surface area contributed by atoms with Gasteiger partial charge in [0.05, 0.1) is 29.3 Å². The zero-order valence-electron chi connectivity index (χ0n) is 17.3. The normalized spacial score (nSPS) is 17.0. The van der Waals surface area contributed by atoms with Crippen molar-refractivity contribution in [1.29, 1.82) is 0 Å². The van der Waals surface area contributed by atoms with Gasteiger partial charge in [0.25, 0.3) is 0 Å². The molecule has 2 heterocycles. The van der Waals surface area contributed by atoms with Crippen LogP contribution in [0.3, 0.4) is 0 Å². The molecule has 2 aromatic rings. The zero-order chi connectivity index (χ0) is 22.1. The Labute approximate surface area is 178 Å². The standard InChI is InChI=1S/C21H25FN4O5/c1-2-23-19(27)12-24-5-7-25(8-6-24)17-10-16-14(9-15(17)22)20(28)18(31-21(29)30)11-26(16)13-3-4-13/h9-11,13H,2-8,12H2,1H3,(H,23,27)(H,29,30). The summed E-state index contributed by atoms with van der Waals surface area (Å²) in [6.45, 7) is 5.12. The van der Waals surface area contributed by atoms with Crippen LogP contribution in [0.25, 0.3) is 10.9 Å². The molecular formula is C21H25FN4O5. The quantitative estimate of drug-likeness (QED) is 0.671. The molecule has 1 saturated heterocycles. The van der Waals surface area contributed by atoms with Gasteiger partial charge in [-0.3, -0.25) is 14.5 Å². The fourth-order valence-electron chi connectivity index (χ4n) is 4.00. The summed E-state index contributed by atoms with van der Waals surface area (Å²) in [6.07, 6.45) is 1.62. The second-order valence-electron chi connectivity index (χ2n) is 7.87. The minimum absolute atomic E-state index is 0.0272. The third-order valence-corrected chi connectivity index (χ3v) is 5.66. The van der Waals surface area contributed by atoms with Gasteiger partial charge in [0.2, 0.25) is 11.3 Å². The van der Waals surface area contributed by atoms with E-state index < -0.39 is 17.4 Å². The van der Waals surface area contributed by atoms with Crippen LogP contribution in [-0.4, -0.2) is 65.9 Å². The van der Waals surface area contributed by atoms with Gasteiger partial charge >= 0.3 is 6.16 Å². The van der Waals surface area contributed by atoms with Crippen LogP contribution in [0.15, 0.2) is 23.1 Å². The number of benzene rings is 1. The van der Waals surface area contributed by atoms with E-state index in [9.17, 15) is 14.4 Å². The summed E-state index contributed by atoms with van der Waals surface area (Å²) in [5, 5.41) is 11.8. The van der Waals surface area contributed by atoms with E-state index in [1.807, 2.05) is 21.3 Å². The van der Waals surface area contributed by atoms with E-state index in [0.717, 1.165) is 12.8 Å². The highest BCUT2D eigenvalue weighted by molar-refractivity contribution is 5.85. The van der Waals surface area contributed by atoms with Crippen molar-refractivity contribution in [2.75, 3.05) is 44.2 Å². The number of likely N-dealkylation sites (N-methyl/N-ethyl adjacent to an activating group) is 1. The number of fused-ring (bicyclic) bond motifs is 1. The maximum absolute atomic E-state index is 15.0. The Balaban J connectivity index is 1.62. The Morgan fingerprint density at radius 2 is 1.94 bits per heavy atom. The number of carbonyl (C=O) groups is 2. The van der Waals surface area contributed by atoms with Gasteiger partial charge in [0.1, 0.15) is 5.82 Å². The molecule has 0 unspecified atom stereocenters. The molecule has 0 spiro atoms.